The number of carbonyl (C=O) groups is 1. The van der Waals surface area contributed by atoms with E-state index < -0.39 is 0 Å². The summed E-state index contributed by atoms with van der Waals surface area (Å²) in [6, 6.07) is 0. The first-order valence-corrected chi connectivity index (χ1v) is 10.3. The molecule has 0 radical (unpaired) electrons. The van der Waals surface area contributed by atoms with E-state index >= 15 is 0 Å². The van der Waals surface area contributed by atoms with Gasteiger partial charge < -0.3 is 9.47 Å². The van der Waals surface area contributed by atoms with Gasteiger partial charge in [0.25, 0.3) is 0 Å². The predicted octanol–water partition coefficient (Wildman–Crippen LogP) is 1.21. The van der Waals surface area contributed by atoms with Gasteiger partial charge in [-0.25, -0.2) is 0 Å². The maximum Gasteiger partial charge on any atom is 0.236 e. The van der Waals surface area contributed by atoms with Gasteiger partial charge in [-0.15, -0.1) is 10.2 Å². The molecule has 3 saturated heterocycles. The van der Waals surface area contributed by atoms with Crippen molar-refractivity contribution >= 4 is 5.91 Å². The molecule has 0 saturated carbocycles. The fourth-order valence-corrected chi connectivity index (χ4v) is 4.66. The summed E-state index contributed by atoms with van der Waals surface area (Å²) in [5.41, 5.74) is 0. The number of amides is 1. The van der Waals surface area contributed by atoms with Gasteiger partial charge in [-0.3, -0.25) is 14.6 Å². The number of likely N-dealkylation sites (tertiary alicyclic amines) is 3. The normalized spacial score (nSPS) is 25.3. The molecule has 1 aromatic rings. The van der Waals surface area contributed by atoms with Crippen LogP contribution in [-0.4, -0.2) is 81.2 Å². The number of hydrogen-bond donors (Lipinski definition) is 0. The van der Waals surface area contributed by atoms with Crippen molar-refractivity contribution in [2.45, 2.75) is 51.0 Å². The minimum atomic E-state index is 0.288. The zero-order valence-electron chi connectivity index (χ0n) is 16.1. The van der Waals surface area contributed by atoms with Crippen molar-refractivity contribution in [1.82, 2.24) is 29.5 Å². The molecule has 0 bridgehead atoms. The van der Waals surface area contributed by atoms with Crippen molar-refractivity contribution in [3.8, 4) is 0 Å². The van der Waals surface area contributed by atoms with Gasteiger partial charge in [-0.05, 0) is 64.7 Å². The zero-order valence-corrected chi connectivity index (χ0v) is 16.1. The monoisotopic (exact) mass is 360 g/mol. The highest BCUT2D eigenvalue weighted by Gasteiger charge is 2.29. The Morgan fingerprint density at radius 3 is 2.38 bits per heavy atom. The number of aromatic nitrogens is 3. The second kappa shape index (κ2) is 8.05. The van der Waals surface area contributed by atoms with Crippen LogP contribution >= 0.6 is 0 Å². The molecular weight excluding hydrogens is 328 g/mol. The lowest BCUT2D eigenvalue weighted by Gasteiger charge is -2.33. The lowest BCUT2D eigenvalue weighted by atomic mass is 9.97. The van der Waals surface area contributed by atoms with Crippen molar-refractivity contribution in [1.29, 1.82) is 0 Å². The number of rotatable bonds is 5. The first kappa shape index (κ1) is 17.9. The lowest BCUT2D eigenvalue weighted by Crippen LogP contribution is -2.44. The average molecular weight is 361 g/mol. The topological polar surface area (TPSA) is 57.5 Å². The van der Waals surface area contributed by atoms with Crippen molar-refractivity contribution < 1.29 is 4.79 Å². The van der Waals surface area contributed by atoms with Crippen molar-refractivity contribution in [3.05, 3.63) is 11.6 Å². The summed E-state index contributed by atoms with van der Waals surface area (Å²) in [5.74, 6) is 2.72. The Balaban J connectivity index is 1.37. The predicted molar refractivity (Wildman–Crippen MR) is 99.7 cm³/mol. The summed E-state index contributed by atoms with van der Waals surface area (Å²) < 4.78 is 2.18. The second-order valence-electron chi connectivity index (χ2n) is 8.18. The lowest BCUT2D eigenvalue weighted by molar-refractivity contribution is -0.133. The zero-order chi connectivity index (χ0) is 17.9. The molecule has 1 atom stereocenters. The minimum Gasteiger partial charge on any atom is -0.341 e. The van der Waals surface area contributed by atoms with Crippen LogP contribution in [0, 0.1) is 0 Å². The average Bonchev–Trinajstić information content (AvgIpc) is 3.40. The van der Waals surface area contributed by atoms with Crippen LogP contribution in [0.4, 0.5) is 0 Å². The van der Waals surface area contributed by atoms with Gasteiger partial charge in [0.1, 0.15) is 11.6 Å². The molecule has 0 N–H and O–H groups in total. The van der Waals surface area contributed by atoms with Crippen molar-refractivity contribution in [3.63, 3.8) is 0 Å². The Morgan fingerprint density at radius 2 is 1.65 bits per heavy atom. The molecule has 144 valence electrons. The maximum atomic E-state index is 12.7. The Bertz CT molecular complexity index is 618. The van der Waals surface area contributed by atoms with Gasteiger partial charge in [0.2, 0.25) is 5.91 Å². The third kappa shape index (κ3) is 3.93. The molecule has 3 fully saturated rings. The minimum absolute atomic E-state index is 0.288. The molecule has 0 aliphatic carbocycles. The third-order valence-electron chi connectivity index (χ3n) is 6.26. The van der Waals surface area contributed by atoms with Crippen LogP contribution in [0.15, 0.2) is 0 Å². The number of piperidine rings is 1. The van der Waals surface area contributed by atoms with Crippen LogP contribution in [-0.2, 0) is 18.4 Å². The van der Waals surface area contributed by atoms with Gasteiger partial charge in [0.05, 0.1) is 13.1 Å². The summed E-state index contributed by atoms with van der Waals surface area (Å²) in [4.78, 5) is 19.5. The number of nitrogens with zero attached hydrogens (tertiary/aromatic N) is 6. The van der Waals surface area contributed by atoms with Crippen LogP contribution in [0.3, 0.4) is 0 Å². The molecular formula is C19H32N6O. The molecule has 1 amide bonds. The molecule has 0 spiro atoms. The Morgan fingerprint density at radius 1 is 0.962 bits per heavy atom. The van der Waals surface area contributed by atoms with Crippen LogP contribution in [0.1, 0.15) is 56.1 Å². The summed E-state index contributed by atoms with van der Waals surface area (Å²) in [6.07, 6.45) is 7.21. The fourth-order valence-electron chi connectivity index (χ4n) is 4.66. The van der Waals surface area contributed by atoms with E-state index in [0.717, 1.165) is 57.2 Å². The Kier molecular flexibility index (Phi) is 5.55. The maximum absolute atomic E-state index is 12.7. The number of hydrogen-bond acceptors (Lipinski definition) is 5. The van der Waals surface area contributed by atoms with Gasteiger partial charge in [-0.1, -0.05) is 0 Å². The molecule has 26 heavy (non-hydrogen) atoms. The molecule has 3 aliphatic heterocycles. The van der Waals surface area contributed by atoms with E-state index in [9.17, 15) is 4.79 Å². The molecule has 0 unspecified atom stereocenters. The molecule has 4 heterocycles. The quantitative estimate of drug-likeness (QED) is 0.790. The van der Waals surface area contributed by atoms with Crippen LogP contribution in [0.2, 0.25) is 0 Å². The van der Waals surface area contributed by atoms with Gasteiger partial charge in [-0.2, -0.15) is 0 Å². The first-order valence-electron chi connectivity index (χ1n) is 10.3. The SMILES string of the molecule is Cn1c(CN2CCCC2)nnc1[C@H]1CCCN(C(=O)CN2CCCC2)C1. The highest BCUT2D eigenvalue weighted by Crippen LogP contribution is 2.26. The standard InChI is InChI=1S/C19H32N6O/c1-22-17(14-23-8-2-3-9-23)20-21-19(22)16-7-6-12-25(13-16)18(26)15-24-10-4-5-11-24/h16H,2-15H2,1H3/t16-/m0/s1. The van der Waals surface area contributed by atoms with E-state index in [-0.39, 0.29) is 5.91 Å². The Labute approximate surface area is 156 Å². The number of carbonyl (C=O) groups excluding carboxylic acids is 1. The van der Waals surface area contributed by atoms with E-state index in [1.54, 1.807) is 0 Å². The van der Waals surface area contributed by atoms with Crippen LogP contribution in [0.5, 0.6) is 0 Å². The van der Waals surface area contributed by atoms with E-state index in [4.69, 9.17) is 0 Å². The molecule has 7 heteroatoms. The first-order chi connectivity index (χ1) is 12.7. The molecule has 4 rings (SSSR count). The van der Waals surface area contributed by atoms with E-state index in [1.807, 2.05) is 0 Å². The van der Waals surface area contributed by atoms with Gasteiger partial charge >= 0.3 is 0 Å². The summed E-state index contributed by atoms with van der Waals surface area (Å²) in [6.45, 7) is 7.66. The fraction of sp³-hybridized carbons (Fsp3) is 0.842. The van der Waals surface area contributed by atoms with Crippen LogP contribution in [0.25, 0.3) is 0 Å². The third-order valence-corrected chi connectivity index (χ3v) is 6.26. The molecule has 1 aromatic heterocycles. The van der Waals surface area contributed by atoms with Crippen LogP contribution < -0.4 is 0 Å². The smallest absolute Gasteiger partial charge is 0.236 e. The van der Waals surface area contributed by atoms with E-state index in [0.29, 0.717) is 12.5 Å². The highest BCUT2D eigenvalue weighted by atomic mass is 16.2. The van der Waals surface area contributed by atoms with Crippen molar-refractivity contribution in [2.75, 3.05) is 45.8 Å². The summed E-state index contributed by atoms with van der Waals surface area (Å²) in [7, 11) is 2.09. The molecule has 7 nitrogen and oxygen atoms in total. The summed E-state index contributed by atoms with van der Waals surface area (Å²) in [5, 5.41) is 8.98. The summed E-state index contributed by atoms with van der Waals surface area (Å²) >= 11 is 0. The van der Waals surface area contributed by atoms with Gasteiger partial charge in [0, 0.05) is 26.1 Å². The molecule has 0 aromatic carbocycles. The largest absolute Gasteiger partial charge is 0.341 e. The van der Waals surface area contributed by atoms with Gasteiger partial charge in [0.15, 0.2) is 0 Å². The van der Waals surface area contributed by atoms with E-state index in [1.165, 1.54) is 38.8 Å². The van der Waals surface area contributed by atoms with E-state index in [2.05, 4.69) is 36.5 Å². The molecule has 3 aliphatic rings. The highest BCUT2D eigenvalue weighted by molar-refractivity contribution is 5.78. The van der Waals surface area contributed by atoms with Crippen molar-refractivity contribution in [2.24, 2.45) is 7.05 Å². The Hall–Kier alpha value is -1.47. The second-order valence-corrected chi connectivity index (χ2v) is 8.18.